The molecule has 0 saturated heterocycles. The molecule has 120 valence electrons. The van der Waals surface area contributed by atoms with Gasteiger partial charge in [0.1, 0.15) is 5.40 Å². The molecule has 0 heterocycles. The van der Waals surface area contributed by atoms with Crippen LogP contribution in [0.25, 0.3) is 0 Å². The van der Waals surface area contributed by atoms with E-state index in [9.17, 15) is 8.42 Å². The first kappa shape index (κ1) is 17.9. The van der Waals surface area contributed by atoms with Crippen molar-refractivity contribution in [1.82, 2.24) is 0 Å². The van der Waals surface area contributed by atoms with E-state index in [1.165, 1.54) is 0 Å². The quantitative estimate of drug-likeness (QED) is 0.582. The highest BCUT2D eigenvalue weighted by atomic mass is 79.9. The number of aryl methyl sites for hydroxylation is 3. The smallest absolute Gasteiger partial charge is 0.261 e. The summed E-state index contributed by atoms with van der Waals surface area (Å²) in [5.41, 5.74) is 2.95. The van der Waals surface area contributed by atoms with Crippen molar-refractivity contribution in [2.24, 2.45) is 0 Å². The number of nitrogens with zero attached hydrogens (tertiary/aromatic N) is 1. The summed E-state index contributed by atoms with van der Waals surface area (Å²) in [4.78, 5) is 1.01. The molecule has 0 atom stereocenters. The third kappa shape index (κ3) is 4.08. The van der Waals surface area contributed by atoms with Crippen LogP contribution in [0.4, 0.5) is 5.69 Å². The van der Waals surface area contributed by atoms with Gasteiger partial charge in [0.25, 0.3) is 10.0 Å². The highest BCUT2D eigenvalue weighted by Crippen LogP contribution is 2.30. The maximum atomic E-state index is 12.6. The van der Waals surface area contributed by atoms with Gasteiger partial charge in [-0.15, -0.1) is 0 Å². The Morgan fingerprint density at radius 1 is 1.09 bits per heavy atom. The number of thioether (sulfide) groups is 1. The largest absolute Gasteiger partial charge is 0.279 e. The minimum absolute atomic E-state index is 0.215. The Morgan fingerprint density at radius 2 is 1.70 bits per heavy atom. The number of nitriles is 1. The van der Waals surface area contributed by atoms with E-state index < -0.39 is 10.0 Å². The van der Waals surface area contributed by atoms with Gasteiger partial charge >= 0.3 is 0 Å². The maximum Gasteiger partial charge on any atom is 0.261 e. The van der Waals surface area contributed by atoms with Crippen molar-refractivity contribution in [3.05, 3.63) is 51.5 Å². The van der Waals surface area contributed by atoms with E-state index in [-0.39, 0.29) is 4.90 Å². The summed E-state index contributed by atoms with van der Waals surface area (Å²) in [5, 5.41) is 10.8. The van der Waals surface area contributed by atoms with Gasteiger partial charge in [-0.1, -0.05) is 15.9 Å². The van der Waals surface area contributed by atoms with Crippen LogP contribution in [0, 0.1) is 31.4 Å². The fraction of sp³-hybridized carbons (Fsp3) is 0.188. The zero-order valence-corrected chi connectivity index (χ0v) is 16.1. The predicted octanol–water partition coefficient (Wildman–Crippen LogP) is 4.75. The minimum Gasteiger partial charge on any atom is -0.279 e. The van der Waals surface area contributed by atoms with Crippen molar-refractivity contribution in [1.29, 1.82) is 5.26 Å². The summed E-state index contributed by atoms with van der Waals surface area (Å²) in [5.74, 6) is 0. The average Bonchev–Trinajstić information content (AvgIpc) is 2.46. The fourth-order valence-electron chi connectivity index (χ4n) is 2.17. The highest BCUT2D eigenvalue weighted by Gasteiger charge is 2.18. The summed E-state index contributed by atoms with van der Waals surface area (Å²) < 4.78 is 28.7. The number of halogens is 1. The Kier molecular flexibility index (Phi) is 5.40. The van der Waals surface area contributed by atoms with Crippen LogP contribution in [-0.4, -0.2) is 8.42 Å². The van der Waals surface area contributed by atoms with Crippen LogP contribution in [-0.2, 0) is 10.0 Å². The normalized spacial score (nSPS) is 11.1. The molecule has 0 fully saturated rings. The van der Waals surface area contributed by atoms with Gasteiger partial charge in [-0.2, -0.15) is 5.26 Å². The zero-order chi connectivity index (χ0) is 17.2. The molecule has 0 aliphatic carbocycles. The molecule has 0 radical (unpaired) electrons. The van der Waals surface area contributed by atoms with Crippen LogP contribution in [0.2, 0.25) is 0 Å². The summed E-state index contributed by atoms with van der Waals surface area (Å²) in [6.45, 7) is 5.48. The molecule has 2 aromatic carbocycles. The van der Waals surface area contributed by atoms with Gasteiger partial charge in [-0.05, 0) is 79.6 Å². The molecular formula is C16H15BrN2O2S2. The molecule has 0 aliphatic heterocycles. The molecular weight excluding hydrogens is 396 g/mol. The number of sulfonamides is 1. The van der Waals surface area contributed by atoms with Gasteiger partial charge in [-0.25, -0.2) is 8.42 Å². The van der Waals surface area contributed by atoms with Gasteiger partial charge < -0.3 is 0 Å². The molecule has 0 aliphatic rings. The zero-order valence-electron chi connectivity index (χ0n) is 12.8. The first-order chi connectivity index (χ1) is 10.7. The standard InChI is InChI=1S/C16H15BrN2O2S2/c1-10-8-14(4-5-15(10)17)23(20,21)19-16-11(2)6-13(22-9-18)7-12(16)3/h4-8,19H,1-3H3. The Balaban J connectivity index is 2.41. The second-order valence-corrected chi connectivity index (χ2v) is 8.54. The van der Waals surface area contributed by atoms with Gasteiger partial charge in [0.15, 0.2) is 0 Å². The lowest BCUT2D eigenvalue weighted by molar-refractivity contribution is 0.601. The van der Waals surface area contributed by atoms with Gasteiger partial charge in [0, 0.05) is 9.37 Å². The Hall–Kier alpha value is -1.49. The number of anilines is 1. The number of thiocyanates is 1. The third-order valence-corrected chi connectivity index (χ3v) is 6.15. The van der Waals surface area contributed by atoms with Crippen molar-refractivity contribution >= 4 is 43.4 Å². The van der Waals surface area contributed by atoms with Crippen LogP contribution >= 0.6 is 27.7 Å². The SMILES string of the molecule is Cc1cc(S(=O)(=O)Nc2c(C)cc(SC#N)cc2C)ccc1Br. The van der Waals surface area contributed by atoms with Crippen LogP contribution in [0.15, 0.2) is 44.6 Å². The van der Waals surface area contributed by atoms with Crippen LogP contribution in [0.1, 0.15) is 16.7 Å². The van der Waals surface area contributed by atoms with Gasteiger partial charge in [0.2, 0.25) is 0 Å². The number of nitrogens with one attached hydrogen (secondary N) is 1. The summed E-state index contributed by atoms with van der Waals surface area (Å²) >= 11 is 4.42. The van der Waals surface area contributed by atoms with E-state index in [2.05, 4.69) is 20.7 Å². The van der Waals surface area contributed by atoms with Crippen LogP contribution in [0.3, 0.4) is 0 Å². The lowest BCUT2D eigenvalue weighted by Crippen LogP contribution is -2.15. The number of benzene rings is 2. The van der Waals surface area contributed by atoms with Crippen molar-refractivity contribution in [3.63, 3.8) is 0 Å². The molecule has 0 aromatic heterocycles. The molecule has 4 nitrogen and oxygen atoms in total. The molecule has 2 aromatic rings. The Morgan fingerprint density at radius 3 is 2.22 bits per heavy atom. The van der Waals surface area contributed by atoms with Crippen molar-refractivity contribution in [3.8, 4) is 5.40 Å². The monoisotopic (exact) mass is 410 g/mol. The topological polar surface area (TPSA) is 70.0 Å². The molecule has 0 amide bonds. The molecule has 7 heteroatoms. The van der Waals surface area contributed by atoms with Crippen molar-refractivity contribution in [2.75, 3.05) is 4.72 Å². The van der Waals surface area contributed by atoms with E-state index in [0.717, 1.165) is 37.8 Å². The lowest BCUT2D eigenvalue weighted by Gasteiger charge is -2.15. The minimum atomic E-state index is -3.67. The lowest BCUT2D eigenvalue weighted by atomic mass is 10.1. The highest BCUT2D eigenvalue weighted by molar-refractivity contribution is 9.10. The van der Waals surface area contributed by atoms with E-state index >= 15 is 0 Å². The maximum absolute atomic E-state index is 12.6. The number of rotatable bonds is 4. The summed E-state index contributed by atoms with van der Waals surface area (Å²) in [6.07, 6.45) is 0. The Bertz CT molecular complexity index is 880. The summed E-state index contributed by atoms with van der Waals surface area (Å²) in [7, 11) is -3.67. The predicted molar refractivity (Wildman–Crippen MR) is 97.1 cm³/mol. The first-order valence-corrected chi connectivity index (χ1v) is 9.80. The fourth-order valence-corrected chi connectivity index (χ4v) is 4.29. The Labute approximate surface area is 149 Å². The average molecular weight is 411 g/mol. The van der Waals surface area contributed by atoms with Gasteiger partial charge in [-0.3, -0.25) is 4.72 Å². The summed E-state index contributed by atoms with van der Waals surface area (Å²) in [6, 6.07) is 8.49. The van der Waals surface area contributed by atoms with E-state index in [1.807, 2.05) is 26.2 Å². The number of hydrogen-bond acceptors (Lipinski definition) is 4. The molecule has 0 bridgehead atoms. The second kappa shape index (κ2) is 6.95. The molecule has 1 N–H and O–H groups in total. The van der Waals surface area contributed by atoms with E-state index in [4.69, 9.17) is 5.26 Å². The second-order valence-electron chi connectivity index (χ2n) is 5.14. The molecule has 0 unspecified atom stereocenters. The van der Waals surface area contributed by atoms with Crippen LogP contribution < -0.4 is 4.72 Å². The first-order valence-electron chi connectivity index (χ1n) is 6.71. The number of hydrogen-bond donors (Lipinski definition) is 1. The van der Waals surface area contributed by atoms with Crippen molar-refractivity contribution in [2.45, 2.75) is 30.6 Å². The van der Waals surface area contributed by atoms with Crippen molar-refractivity contribution < 1.29 is 8.42 Å². The van der Waals surface area contributed by atoms with E-state index in [1.54, 1.807) is 30.3 Å². The van der Waals surface area contributed by atoms with Crippen LogP contribution in [0.5, 0.6) is 0 Å². The molecule has 2 rings (SSSR count). The molecule has 0 saturated carbocycles. The molecule has 23 heavy (non-hydrogen) atoms. The molecule has 0 spiro atoms. The van der Waals surface area contributed by atoms with Gasteiger partial charge in [0.05, 0.1) is 10.6 Å². The third-order valence-electron chi connectivity index (χ3n) is 3.35. The van der Waals surface area contributed by atoms with E-state index in [0.29, 0.717) is 5.69 Å².